The van der Waals surface area contributed by atoms with Crippen LogP contribution in [0.25, 0.3) is 22.5 Å². The monoisotopic (exact) mass is 424 g/mol. The van der Waals surface area contributed by atoms with Gasteiger partial charge in [0, 0.05) is 29.2 Å². The van der Waals surface area contributed by atoms with Crippen LogP contribution in [0.1, 0.15) is 39.5 Å². The van der Waals surface area contributed by atoms with Gasteiger partial charge in [-0.05, 0) is 18.6 Å². The Morgan fingerprint density at radius 1 is 0.759 bits per heavy atom. The second-order valence-corrected chi connectivity index (χ2v) is 9.43. The number of hydrogen-bond acceptors (Lipinski definition) is 3. The lowest BCUT2D eigenvalue weighted by Crippen LogP contribution is -2.05. The summed E-state index contributed by atoms with van der Waals surface area (Å²) >= 11 is 3.97. The number of hydrogen-bond donors (Lipinski definition) is 0. The summed E-state index contributed by atoms with van der Waals surface area (Å²) in [6.45, 7) is 5.52. The highest BCUT2D eigenvalue weighted by atomic mass is 32.2. The highest BCUT2D eigenvalue weighted by molar-refractivity contribution is 7.99. The van der Waals surface area contributed by atoms with Crippen molar-refractivity contribution in [2.45, 2.75) is 51.2 Å². The zero-order valence-electron chi connectivity index (χ0n) is 17.6. The molecule has 3 rings (SSSR count). The van der Waals surface area contributed by atoms with Gasteiger partial charge in [-0.3, -0.25) is 0 Å². The molecule has 0 unspecified atom stereocenters. The average Bonchev–Trinajstić information content (AvgIpc) is 3.13. The summed E-state index contributed by atoms with van der Waals surface area (Å²) in [6.07, 6.45) is 5.01. The zero-order chi connectivity index (χ0) is 20.3. The quantitative estimate of drug-likeness (QED) is 0.220. The van der Waals surface area contributed by atoms with Crippen molar-refractivity contribution in [3.8, 4) is 22.5 Å². The Morgan fingerprint density at radius 2 is 1.38 bits per heavy atom. The molecule has 0 aliphatic carbocycles. The largest absolute Gasteiger partial charge is 0.318 e. The van der Waals surface area contributed by atoms with Crippen molar-refractivity contribution in [2.75, 3.05) is 17.3 Å². The molecule has 4 heteroatoms. The molecule has 0 N–H and O–H groups in total. The molecule has 2 nitrogen and oxygen atoms in total. The summed E-state index contributed by atoms with van der Waals surface area (Å²) in [4.78, 5) is 5.16. The van der Waals surface area contributed by atoms with Crippen molar-refractivity contribution in [1.82, 2.24) is 9.55 Å². The highest BCUT2D eigenvalue weighted by Gasteiger charge is 2.20. The lowest BCUT2D eigenvalue weighted by molar-refractivity contribution is 0.693. The third-order valence-electron chi connectivity index (χ3n) is 4.86. The van der Waals surface area contributed by atoms with E-state index in [-0.39, 0.29) is 0 Å². The molecule has 0 saturated carbocycles. The van der Waals surface area contributed by atoms with Gasteiger partial charge in [-0.15, -0.1) is 0 Å². The predicted molar refractivity (Wildman–Crippen MR) is 131 cm³/mol. The van der Waals surface area contributed by atoms with Crippen LogP contribution < -0.4 is 0 Å². The zero-order valence-corrected chi connectivity index (χ0v) is 19.3. The average molecular weight is 425 g/mol. The maximum absolute atomic E-state index is 5.16. The molecule has 154 valence electrons. The Hall–Kier alpha value is -1.65. The summed E-state index contributed by atoms with van der Waals surface area (Å²) in [6, 6.07) is 21.4. The van der Waals surface area contributed by atoms with Gasteiger partial charge in [0.1, 0.15) is 0 Å². The Kier molecular flexibility index (Phi) is 9.23. The van der Waals surface area contributed by atoms with E-state index in [4.69, 9.17) is 4.98 Å². The molecule has 0 saturated heterocycles. The van der Waals surface area contributed by atoms with Crippen LogP contribution in [0.15, 0.2) is 65.8 Å². The molecule has 3 aromatic rings. The molecule has 0 aliphatic heterocycles. The van der Waals surface area contributed by atoms with Gasteiger partial charge in [0.2, 0.25) is 0 Å². The summed E-state index contributed by atoms with van der Waals surface area (Å²) in [7, 11) is 0. The van der Waals surface area contributed by atoms with Crippen LogP contribution in [-0.2, 0) is 6.54 Å². The number of nitrogens with zero attached hydrogens (tertiary/aromatic N) is 2. The maximum atomic E-state index is 5.16. The van der Waals surface area contributed by atoms with Crippen LogP contribution in [0.5, 0.6) is 0 Å². The normalized spacial score (nSPS) is 11.1. The van der Waals surface area contributed by atoms with Crippen molar-refractivity contribution >= 4 is 23.5 Å². The van der Waals surface area contributed by atoms with Crippen LogP contribution in [-0.4, -0.2) is 26.8 Å². The maximum Gasteiger partial charge on any atom is 0.169 e. The number of thioether (sulfide) groups is 2. The van der Waals surface area contributed by atoms with Gasteiger partial charge >= 0.3 is 0 Å². The van der Waals surface area contributed by atoms with E-state index in [9.17, 15) is 0 Å². The van der Waals surface area contributed by atoms with Crippen molar-refractivity contribution in [3.05, 3.63) is 60.7 Å². The molecule has 0 amide bonds. The van der Waals surface area contributed by atoms with Crippen molar-refractivity contribution < 1.29 is 0 Å². The second-order valence-electron chi connectivity index (χ2n) is 7.14. The molecule has 0 atom stereocenters. The number of unbranched alkanes of at least 4 members (excludes halogenated alkanes) is 2. The number of rotatable bonds is 12. The van der Waals surface area contributed by atoms with E-state index in [1.54, 1.807) is 0 Å². The Bertz CT molecular complexity index is 844. The number of benzene rings is 2. The topological polar surface area (TPSA) is 17.8 Å². The van der Waals surface area contributed by atoms with Gasteiger partial charge in [0.05, 0.1) is 11.4 Å². The van der Waals surface area contributed by atoms with Crippen LogP contribution in [0, 0.1) is 0 Å². The van der Waals surface area contributed by atoms with Gasteiger partial charge in [0.15, 0.2) is 5.16 Å². The van der Waals surface area contributed by atoms with Gasteiger partial charge in [-0.25, -0.2) is 4.98 Å². The summed E-state index contributed by atoms with van der Waals surface area (Å²) in [5.74, 6) is 3.50. The van der Waals surface area contributed by atoms with Gasteiger partial charge < -0.3 is 4.57 Å². The van der Waals surface area contributed by atoms with E-state index < -0.39 is 0 Å². The Balaban J connectivity index is 1.99. The van der Waals surface area contributed by atoms with E-state index in [2.05, 4.69) is 90.8 Å². The second kappa shape index (κ2) is 12.1. The highest BCUT2D eigenvalue weighted by Crippen LogP contribution is 2.36. The van der Waals surface area contributed by atoms with Gasteiger partial charge in [-0.2, -0.15) is 11.8 Å². The molecule has 0 fully saturated rings. The number of imidazole rings is 1. The molecular formula is C25H32N2S2. The van der Waals surface area contributed by atoms with E-state index in [0.29, 0.717) is 0 Å². The molecule has 0 radical (unpaired) electrons. The third kappa shape index (κ3) is 6.16. The fraction of sp³-hybridized carbons (Fsp3) is 0.400. The molecule has 0 bridgehead atoms. The SMILES string of the molecule is CCCCSCCn1c(SCCCC)nc(-c2ccccc2)c1-c1ccccc1. The van der Waals surface area contributed by atoms with E-state index in [0.717, 1.165) is 28.9 Å². The molecule has 1 heterocycles. The fourth-order valence-electron chi connectivity index (χ4n) is 3.25. The molecule has 0 aliphatic rings. The Morgan fingerprint density at radius 3 is 2.03 bits per heavy atom. The first kappa shape index (κ1) is 22.0. The first-order valence-corrected chi connectivity index (χ1v) is 12.9. The molecule has 29 heavy (non-hydrogen) atoms. The van der Waals surface area contributed by atoms with Crippen LogP contribution in [0.3, 0.4) is 0 Å². The third-order valence-corrected chi connectivity index (χ3v) is 6.97. The molecule has 1 aromatic heterocycles. The minimum atomic E-state index is 1.01. The van der Waals surface area contributed by atoms with Crippen molar-refractivity contribution in [3.63, 3.8) is 0 Å². The van der Waals surface area contributed by atoms with Crippen molar-refractivity contribution in [2.24, 2.45) is 0 Å². The minimum absolute atomic E-state index is 1.01. The minimum Gasteiger partial charge on any atom is -0.318 e. The van der Waals surface area contributed by atoms with Crippen LogP contribution >= 0.6 is 23.5 Å². The molecule has 2 aromatic carbocycles. The Labute approximate surface area is 184 Å². The lowest BCUT2D eigenvalue weighted by atomic mass is 10.0. The smallest absolute Gasteiger partial charge is 0.169 e. The summed E-state index contributed by atoms with van der Waals surface area (Å²) in [5, 5.41) is 1.16. The predicted octanol–water partition coefficient (Wildman–Crippen LogP) is 7.64. The van der Waals surface area contributed by atoms with Crippen LogP contribution in [0.2, 0.25) is 0 Å². The van der Waals surface area contributed by atoms with Crippen molar-refractivity contribution in [1.29, 1.82) is 0 Å². The van der Waals surface area contributed by atoms with E-state index in [1.807, 2.05) is 11.8 Å². The van der Waals surface area contributed by atoms with Gasteiger partial charge in [-0.1, -0.05) is 99.1 Å². The first-order chi connectivity index (χ1) is 14.3. The van der Waals surface area contributed by atoms with E-state index >= 15 is 0 Å². The van der Waals surface area contributed by atoms with E-state index in [1.165, 1.54) is 48.3 Å². The standard InChI is InChI=1S/C25H32N2S2/c1-3-5-18-28-20-17-27-24(22-15-11-8-12-16-22)23(21-13-9-7-10-14-21)26-25(27)29-19-6-4-2/h7-16H,3-6,17-20H2,1-2H3. The molecular weight excluding hydrogens is 392 g/mol. The lowest BCUT2D eigenvalue weighted by Gasteiger charge is -2.13. The number of aromatic nitrogens is 2. The van der Waals surface area contributed by atoms with Crippen LogP contribution in [0.4, 0.5) is 0 Å². The molecule has 0 spiro atoms. The first-order valence-electron chi connectivity index (χ1n) is 10.8. The fourth-order valence-corrected chi connectivity index (χ4v) is 5.37. The summed E-state index contributed by atoms with van der Waals surface area (Å²) < 4.78 is 2.47. The summed E-state index contributed by atoms with van der Waals surface area (Å²) in [5.41, 5.74) is 4.81. The van der Waals surface area contributed by atoms with Gasteiger partial charge in [0.25, 0.3) is 0 Å².